The topological polar surface area (TPSA) is 20.3 Å². The summed E-state index contributed by atoms with van der Waals surface area (Å²) in [6.07, 6.45) is 3.84. The number of amides is 1. The quantitative estimate of drug-likeness (QED) is 0.795. The minimum absolute atomic E-state index is 0.0880. The van der Waals surface area contributed by atoms with Gasteiger partial charge in [-0.2, -0.15) is 0 Å². The molecule has 1 aliphatic carbocycles. The Kier molecular flexibility index (Phi) is 4.26. The van der Waals surface area contributed by atoms with E-state index in [9.17, 15) is 4.79 Å². The number of rotatable bonds is 3. The minimum Gasteiger partial charge on any atom is -0.341 e. The minimum atomic E-state index is 0.0880. The molecule has 0 unspecified atom stereocenters. The fourth-order valence-corrected chi connectivity index (χ4v) is 2.79. The van der Waals surface area contributed by atoms with Crippen LogP contribution in [0.15, 0.2) is 27.1 Å². The molecular formula is C13H15Br2NO. The van der Waals surface area contributed by atoms with Crippen LogP contribution in [-0.2, 0) is 0 Å². The first-order chi connectivity index (χ1) is 8.08. The Hall–Kier alpha value is -0.350. The first-order valence-electron chi connectivity index (χ1n) is 5.78. The highest BCUT2D eigenvalue weighted by Crippen LogP contribution is 2.28. The number of halogens is 2. The number of benzene rings is 1. The van der Waals surface area contributed by atoms with Crippen LogP contribution in [0, 0.1) is 5.92 Å². The molecule has 0 saturated heterocycles. The predicted molar refractivity (Wildman–Crippen MR) is 76.1 cm³/mol. The lowest BCUT2D eigenvalue weighted by Crippen LogP contribution is -2.34. The summed E-state index contributed by atoms with van der Waals surface area (Å²) >= 11 is 6.83. The van der Waals surface area contributed by atoms with Gasteiger partial charge < -0.3 is 4.90 Å². The normalized spacial score (nSPS) is 15.5. The lowest BCUT2D eigenvalue weighted by Gasteiger charge is -2.30. The highest BCUT2D eigenvalue weighted by Gasteiger charge is 2.22. The van der Waals surface area contributed by atoms with Crippen LogP contribution in [0.5, 0.6) is 0 Å². The molecule has 0 radical (unpaired) electrons. The fraction of sp³-hybridized carbons (Fsp3) is 0.462. The molecule has 1 aromatic rings. The van der Waals surface area contributed by atoms with E-state index in [1.165, 1.54) is 19.3 Å². The first-order valence-corrected chi connectivity index (χ1v) is 7.37. The van der Waals surface area contributed by atoms with Crippen molar-refractivity contribution in [1.29, 1.82) is 0 Å². The molecule has 92 valence electrons. The maximum atomic E-state index is 12.3. The Labute approximate surface area is 119 Å². The molecule has 1 amide bonds. The highest BCUT2D eigenvalue weighted by molar-refractivity contribution is 9.11. The van der Waals surface area contributed by atoms with Gasteiger partial charge >= 0.3 is 0 Å². The molecule has 0 aliphatic heterocycles. The Morgan fingerprint density at radius 2 is 2.12 bits per heavy atom. The van der Waals surface area contributed by atoms with Crippen molar-refractivity contribution in [1.82, 2.24) is 4.90 Å². The average Bonchev–Trinajstić information content (AvgIpc) is 2.25. The smallest absolute Gasteiger partial charge is 0.254 e. The van der Waals surface area contributed by atoms with Gasteiger partial charge in [-0.05, 0) is 52.9 Å². The number of nitrogens with zero attached hydrogens (tertiary/aromatic N) is 1. The molecule has 1 saturated carbocycles. The Bertz CT molecular complexity index is 429. The maximum Gasteiger partial charge on any atom is 0.254 e. The summed E-state index contributed by atoms with van der Waals surface area (Å²) in [5.41, 5.74) is 0.723. The molecule has 1 aliphatic rings. The Balaban J connectivity index is 2.09. The van der Waals surface area contributed by atoms with E-state index in [2.05, 4.69) is 31.9 Å². The zero-order chi connectivity index (χ0) is 12.4. The third kappa shape index (κ3) is 3.10. The largest absolute Gasteiger partial charge is 0.341 e. The van der Waals surface area contributed by atoms with Crippen LogP contribution >= 0.6 is 31.9 Å². The monoisotopic (exact) mass is 359 g/mol. The van der Waals surface area contributed by atoms with Crippen LogP contribution < -0.4 is 0 Å². The molecule has 1 fully saturated rings. The van der Waals surface area contributed by atoms with Crippen LogP contribution in [0.4, 0.5) is 0 Å². The number of hydrogen-bond acceptors (Lipinski definition) is 1. The van der Waals surface area contributed by atoms with E-state index in [0.29, 0.717) is 5.92 Å². The third-order valence-electron chi connectivity index (χ3n) is 3.26. The zero-order valence-electron chi connectivity index (χ0n) is 9.75. The summed E-state index contributed by atoms with van der Waals surface area (Å²) in [6, 6.07) is 5.69. The first kappa shape index (κ1) is 13.1. The van der Waals surface area contributed by atoms with Crippen molar-refractivity contribution >= 4 is 37.8 Å². The van der Waals surface area contributed by atoms with Crippen LogP contribution in [0.2, 0.25) is 0 Å². The SMILES string of the molecule is CN(CC1CCC1)C(=O)c1cc(Br)ccc1Br. The van der Waals surface area contributed by atoms with E-state index in [-0.39, 0.29) is 5.91 Å². The van der Waals surface area contributed by atoms with Crippen molar-refractivity contribution in [3.8, 4) is 0 Å². The number of carbonyl (C=O) groups is 1. The van der Waals surface area contributed by atoms with Crippen molar-refractivity contribution in [2.45, 2.75) is 19.3 Å². The Morgan fingerprint density at radius 3 is 2.71 bits per heavy atom. The summed E-state index contributed by atoms with van der Waals surface area (Å²) in [7, 11) is 1.88. The molecule has 0 heterocycles. The van der Waals surface area contributed by atoms with Gasteiger partial charge in [-0.25, -0.2) is 0 Å². The van der Waals surface area contributed by atoms with Gasteiger partial charge in [0.1, 0.15) is 0 Å². The standard InChI is InChI=1S/C13H15Br2NO/c1-16(8-9-3-2-4-9)13(17)11-7-10(14)5-6-12(11)15/h5-7,9H,2-4,8H2,1H3. The molecule has 0 N–H and O–H groups in total. The molecule has 2 rings (SSSR count). The van der Waals surface area contributed by atoms with Crippen LogP contribution in [-0.4, -0.2) is 24.4 Å². The van der Waals surface area contributed by atoms with Gasteiger partial charge in [0.2, 0.25) is 0 Å². The van der Waals surface area contributed by atoms with Crippen LogP contribution in [0.3, 0.4) is 0 Å². The van der Waals surface area contributed by atoms with E-state index in [1.54, 1.807) is 0 Å². The van der Waals surface area contributed by atoms with E-state index < -0.39 is 0 Å². The summed E-state index contributed by atoms with van der Waals surface area (Å²) in [4.78, 5) is 14.1. The van der Waals surface area contributed by atoms with E-state index in [4.69, 9.17) is 0 Å². The second-order valence-corrected chi connectivity index (χ2v) is 6.38. The number of carbonyl (C=O) groups excluding carboxylic acids is 1. The van der Waals surface area contributed by atoms with Crippen LogP contribution in [0.1, 0.15) is 29.6 Å². The van der Waals surface area contributed by atoms with Gasteiger partial charge in [0.05, 0.1) is 5.56 Å². The van der Waals surface area contributed by atoms with E-state index >= 15 is 0 Å². The summed E-state index contributed by atoms with van der Waals surface area (Å²) in [5.74, 6) is 0.792. The van der Waals surface area contributed by atoms with Gasteiger partial charge in [0, 0.05) is 22.5 Å². The van der Waals surface area contributed by atoms with Crippen molar-refractivity contribution < 1.29 is 4.79 Å². The van der Waals surface area contributed by atoms with Crippen molar-refractivity contribution in [2.24, 2.45) is 5.92 Å². The molecule has 1 aromatic carbocycles. The molecular weight excluding hydrogens is 346 g/mol. The average molecular weight is 361 g/mol. The molecule has 0 atom stereocenters. The molecule has 0 spiro atoms. The summed E-state index contributed by atoms with van der Waals surface area (Å²) < 4.78 is 1.78. The maximum absolute atomic E-state index is 12.3. The predicted octanol–water partition coefficient (Wildman–Crippen LogP) is 4.08. The molecule has 2 nitrogen and oxygen atoms in total. The van der Waals surface area contributed by atoms with Gasteiger partial charge in [0.25, 0.3) is 5.91 Å². The lowest BCUT2D eigenvalue weighted by atomic mass is 9.85. The molecule has 0 bridgehead atoms. The van der Waals surface area contributed by atoms with E-state index in [1.807, 2.05) is 30.1 Å². The summed E-state index contributed by atoms with van der Waals surface area (Å²) in [5, 5.41) is 0. The molecule has 0 aromatic heterocycles. The van der Waals surface area contributed by atoms with E-state index in [0.717, 1.165) is 21.1 Å². The highest BCUT2D eigenvalue weighted by atomic mass is 79.9. The van der Waals surface area contributed by atoms with Gasteiger partial charge in [-0.3, -0.25) is 4.79 Å². The molecule has 4 heteroatoms. The third-order valence-corrected chi connectivity index (χ3v) is 4.45. The Morgan fingerprint density at radius 1 is 1.41 bits per heavy atom. The van der Waals surface area contributed by atoms with Gasteiger partial charge in [-0.1, -0.05) is 22.4 Å². The van der Waals surface area contributed by atoms with Crippen molar-refractivity contribution in [3.63, 3.8) is 0 Å². The second-order valence-electron chi connectivity index (χ2n) is 4.61. The molecule has 17 heavy (non-hydrogen) atoms. The second kappa shape index (κ2) is 5.53. The van der Waals surface area contributed by atoms with Gasteiger partial charge in [0.15, 0.2) is 0 Å². The zero-order valence-corrected chi connectivity index (χ0v) is 12.9. The van der Waals surface area contributed by atoms with Crippen molar-refractivity contribution in [2.75, 3.05) is 13.6 Å². The summed E-state index contributed by atoms with van der Waals surface area (Å²) in [6.45, 7) is 0.873. The number of hydrogen-bond donors (Lipinski definition) is 0. The van der Waals surface area contributed by atoms with Crippen molar-refractivity contribution in [3.05, 3.63) is 32.7 Å². The van der Waals surface area contributed by atoms with Gasteiger partial charge in [-0.15, -0.1) is 0 Å². The van der Waals surface area contributed by atoms with Crippen LogP contribution in [0.25, 0.3) is 0 Å². The fourth-order valence-electron chi connectivity index (χ4n) is 2.01. The lowest BCUT2D eigenvalue weighted by molar-refractivity contribution is 0.0744.